The molecule has 0 atom stereocenters. The van der Waals surface area contributed by atoms with Gasteiger partial charge in [0.1, 0.15) is 0 Å². The fourth-order valence-corrected chi connectivity index (χ4v) is 1.83. The molecule has 0 fully saturated rings. The molecule has 1 amide bonds. The number of likely N-dealkylation sites (N-methyl/N-ethyl adjacent to an activating group) is 1. The standard InChI is InChI=1S/C12H16Cl2N2O2/c1-2-16(6-7-17)8-11(18)15-10-5-3-4-9(13)12(10)14/h3-5,17H,2,6-8H2,1H3,(H,15,18). The molecule has 1 rings (SSSR count). The first-order chi connectivity index (χ1) is 8.58. The van der Waals surface area contributed by atoms with Gasteiger partial charge in [-0.25, -0.2) is 0 Å². The van der Waals surface area contributed by atoms with Crippen LogP contribution in [0.25, 0.3) is 0 Å². The summed E-state index contributed by atoms with van der Waals surface area (Å²) in [4.78, 5) is 13.6. The molecule has 2 N–H and O–H groups in total. The minimum Gasteiger partial charge on any atom is -0.395 e. The first-order valence-electron chi connectivity index (χ1n) is 5.65. The molecule has 0 aliphatic rings. The number of anilines is 1. The number of hydrogen-bond donors (Lipinski definition) is 2. The van der Waals surface area contributed by atoms with Crippen molar-refractivity contribution in [2.75, 3.05) is 31.6 Å². The van der Waals surface area contributed by atoms with Crippen LogP contribution in [0.5, 0.6) is 0 Å². The highest BCUT2D eigenvalue weighted by Crippen LogP contribution is 2.29. The second-order valence-corrected chi connectivity index (χ2v) is 4.53. The molecule has 0 aliphatic heterocycles. The lowest BCUT2D eigenvalue weighted by Crippen LogP contribution is -2.35. The maximum atomic E-state index is 11.8. The van der Waals surface area contributed by atoms with Crippen LogP contribution in [-0.2, 0) is 4.79 Å². The Bertz CT molecular complexity index is 413. The van der Waals surface area contributed by atoms with Crippen molar-refractivity contribution in [1.29, 1.82) is 0 Å². The minimum absolute atomic E-state index is 0.0268. The number of amides is 1. The fourth-order valence-electron chi connectivity index (χ4n) is 1.48. The van der Waals surface area contributed by atoms with Crippen LogP contribution in [0.2, 0.25) is 10.0 Å². The van der Waals surface area contributed by atoms with Crippen molar-refractivity contribution in [2.45, 2.75) is 6.92 Å². The van der Waals surface area contributed by atoms with Gasteiger partial charge in [0.25, 0.3) is 0 Å². The molecule has 0 aromatic heterocycles. The average Bonchev–Trinajstić information content (AvgIpc) is 2.34. The second-order valence-electron chi connectivity index (χ2n) is 3.74. The fraction of sp³-hybridized carbons (Fsp3) is 0.417. The highest BCUT2D eigenvalue weighted by atomic mass is 35.5. The normalized spacial score (nSPS) is 10.7. The van der Waals surface area contributed by atoms with Gasteiger partial charge in [-0.05, 0) is 18.7 Å². The van der Waals surface area contributed by atoms with Gasteiger partial charge < -0.3 is 10.4 Å². The van der Waals surface area contributed by atoms with Crippen LogP contribution >= 0.6 is 23.2 Å². The van der Waals surface area contributed by atoms with E-state index in [9.17, 15) is 4.79 Å². The van der Waals surface area contributed by atoms with Crippen molar-refractivity contribution in [3.8, 4) is 0 Å². The highest BCUT2D eigenvalue weighted by Gasteiger charge is 2.11. The van der Waals surface area contributed by atoms with Crippen molar-refractivity contribution < 1.29 is 9.90 Å². The number of hydrogen-bond acceptors (Lipinski definition) is 3. The zero-order valence-corrected chi connectivity index (χ0v) is 11.6. The van der Waals surface area contributed by atoms with Crippen LogP contribution in [-0.4, -0.2) is 42.2 Å². The van der Waals surface area contributed by atoms with Crippen molar-refractivity contribution in [1.82, 2.24) is 4.90 Å². The summed E-state index contributed by atoms with van der Waals surface area (Å²) in [6.45, 7) is 3.32. The Labute approximate surface area is 116 Å². The third kappa shape index (κ3) is 4.46. The Morgan fingerprint density at radius 3 is 2.78 bits per heavy atom. The third-order valence-corrected chi connectivity index (χ3v) is 3.28. The van der Waals surface area contributed by atoms with Gasteiger partial charge in [0.15, 0.2) is 0 Å². The summed E-state index contributed by atoms with van der Waals surface area (Å²) in [6.07, 6.45) is 0. The molecule has 100 valence electrons. The lowest BCUT2D eigenvalue weighted by Gasteiger charge is -2.18. The molecule has 4 nitrogen and oxygen atoms in total. The maximum absolute atomic E-state index is 11.8. The lowest BCUT2D eigenvalue weighted by atomic mass is 10.3. The lowest BCUT2D eigenvalue weighted by molar-refractivity contribution is -0.117. The first-order valence-corrected chi connectivity index (χ1v) is 6.41. The molecule has 0 unspecified atom stereocenters. The number of rotatable bonds is 6. The molecule has 0 aliphatic carbocycles. The van der Waals surface area contributed by atoms with E-state index in [1.807, 2.05) is 11.8 Å². The van der Waals surface area contributed by atoms with Crippen molar-refractivity contribution in [3.63, 3.8) is 0 Å². The van der Waals surface area contributed by atoms with E-state index < -0.39 is 0 Å². The first kappa shape index (κ1) is 15.2. The van der Waals surface area contributed by atoms with Crippen LogP contribution in [0, 0.1) is 0 Å². The highest BCUT2D eigenvalue weighted by molar-refractivity contribution is 6.43. The number of nitrogens with one attached hydrogen (secondary N) is 1. The van der Waals surface area contributed by atoms with Gasteiger partial charge in [-0.2, -0.15) is 0 Å². The zero-order chi connectivity index (χ0) is 13.5. The predicted molar refractivity (Wildman–Crippen MR) is 74.3 cm³/mol. The van der Waals surface area contributed by atoms with Gasteiger partial charge in [0.05, 0.1) is 28.9 Å². The molecule has 6 heteroatoms. The number of halogens is 2. The molecule has 18 heavy (non-hydrogen) atoms. The summed E-state index contributed by atoms with van der Waals surface area (Å²) in [6, 6.07) is 5.06. The third-order valence-electron chi connectivity index (χ3n) is 2.46. The molecular formula is C12H16Cl2N2O2. The van der Waals surface area contributed by atoms with Crippen molar-refractivity contribution in [2.24, 2.45) is 0 Å². The topological polar surface area (TPSA) is 52.6 Å². The van der Waals surface area contributed by atoms with Gasteiger partial charge in [-0.3, -0.25) is 9.69 Å². The van der Waals surface area contributed by atoms with Gasteiger partial charge in [-0.1, -0.05) is 36.2 Å². The van der Waals surface area contributed by atoms with Crippen LogP contribution in [0.15, 0.2) is 18.2 Å². The van der Waals surface area contributed by atoms with E-state index in [0.717, 1.165) is 0 Å². The Morgan fingerprint density at radius 1 is 1.44 bits per heavy atom. The predicted octanol–water partition coefficient (Wildman–Crippen LogP) is 2.25. The van der Waals surface area contributed by atoms with Crippen LogP contribution < -0.4 is 5.32 Å². The van der Waals surface area contributed by atoms with Gasteiger partial charge in [0, 0.05) is 6.54 Å². The van der Waals surface area contributed by atoms with Gasteiger partial charge >= 0.3 is 0 Å². The van der Waals surface area contributed by atoms with Crippen LogP contribution in [0.3, 0.4) is 0 Å². The maximum Gasteiger partial charge on any atom is 0.238 e. The number of carbonyl (C=O) groups excluding carboxylic acids is 1. The van der Waals surface area contributed by atoms with Gasteiger partial charge in [-0.15, -0.1) is 0 Å². The molecule has 0 heterocycles. The summed E-state index contributed by atoms with van der Waals surface area (Å²) in [5, 5.41) is 12.3. The molecule has 0 saturated carbocycles. The molecule has 0 spiro atoms. The van der Waals surface area contributed by atoms with E-state index >= 15 is 0 Å². The van der Waals surface area contributed by atoms with Crippen LogP contribution in [0.1, 0.15) is 6.92 Å². The van der Waals surface area contributed by atoms with Crippen molar-refractivity contribution in [3.05, 3.63) is 28.2 Å². The molecular weight excluding hydrogens is 275 g/mol. The molecule has 1 aromatic rings. The average molecular weight is 291 g/mol. The molecule has 1 aromatic carbocycles. The number of carbonyl (C=O) groups is 1. The number of aliphatic hydroxyl groups is 1. The second kappa shape index (κ2) is 7.59. The summed E-state index contributed by atoms with van der Waals surface area (Å²) in [7, 11) is 0. The Kier molecular flexibility index (Phi) is 6.43. The summed E-state index contributed by atoms with van der Waals surface area (Å²) >= 11 is 11.8. The molecule has 0 bridgehead atoms. The zero-order valence-electron chi connectivity index (χ0n) is 10.1. The Hall–Kier alpha value is -0.810. The van der Waals surface area contributed by atoms with E-state index in [2.05, 4.69) is 5.32 Å². The SMILES string of the molecule is CCN(CCO)CC(=O)Nc1cccc(Cl)c1Cl. The van der Waals surface area contributed by atoms with Gasteiger partial charge in [0.2, 0.25) is 5.91 Å². The van der Waals surface area contributed by atoms with E-state index in [0.29, 0.717) is 28.8 Å². The Balaban J connectivity index is 2.61. The van der Waals surface area contributed by atoms with E-state index in [-0.39, 0.29) is 19.1 Å². The summed E-state index contributed by atoms with van der Waals surface area (Å²) < 4.78 is 0. The van der Waals surface area contributed by atoms with E-state index in [1.54, 1.807) is 18.2 Å². The Morgan fingerprint density at radius 2 is 2.17 bits per heavy atom. The number of nitrogens with zero attached hydrogens (tertiary/aromatic N) is 1. The minimum atomic E-state index is -0.186. The monoisotopic (exact) mass is 290 g/mol. The smallest absolute Gasteiger partial charge is 0.238 e. The largest absolute Gasteiger partial charge is 0.395 e. The van der Waals surface area contributed by atoms with E-state index in [4.69, 9.17) is 28.3 Å². The summed E-state index contributed by atoms with van der Waals surface area (Å²) in [5.74, 6) is -0.186. The van der Waals surface area contributed by atoms with E-state index in [1.165, 1.54) is 0 Å². The quantitative estimate of drug-likeness (QED) is 0.845. The number of aliphatic hydroxyl groups excluding tert-OH is 1. The van der Waals surface area contributed by atoms with Crippen molar-refractivity contribution >= 4 is 34.8 Å². The molecule has 0 saturated heterocycles. The van der Waals surface area contributed by atoms with Crippen LogP contribution in [0.4, 0.5) is 5.69 Å². The summed E-state index contributed by atoms with van der Waals surface area (Å²) in [5.41, 5.74) is 0.495. The number of benzene rings is 1. The molecule has 0 radical (unpaired) electrons.